The summed E-state index contributed by atoms with van der Waals surface area (Å²) in [6, 6.07) is 21.5. The molecule has 0 aliphatic rings. The summed E-state index contributed by atoms with van der Waals surface area (Å²) >= 11 is 6.83. The fraction of sp³-hybridized carbons (Fsp3) is 0. The topological polar surface area (TPSA) is 97.2 Å². The molecule has 0 saturated heterocycles. The molecule has 2 N–H and O–H groups in total. The molecule has 0 aliphatic heterocycles. The van der Waals surface area contributed by atoms with Crippen molar-refractivity contribution >= 4 is 62.2 Å². The van der Waals surface area contributed by atoms with E-state index in [9.17, 15) is 14.9 Å². The van der Waals surface area contributed by atoms with Gasteiger partial charge in [0, 0.05) is 29.5 Å². The highest BCUT2D eigenvalue weighted by atomic mass is 32.1. The molecule has 9 heteroatoms. The average Bonchev–Trinajstić information content (AvgIpc) is 3.22. The fourth-order valence-corrected chi connectivity index (χ4v) is 4.14. The van der Waals surface area contributed by atoms with Crippen molar-refractivity contribution < 1.29 is 9.72 Å². The number of nitrogens with zero attached hydrogens (tertiary/aromatic N) is 2. The molecule has 7 nitrogen and oxygen atoms in total. The smallest absolute Gasteiger partial charge is 0.270 e. The van der Waals surface area contributed by atoms with Crippen molar-refractivity contribution in [2.75, 3.05) is 5.32 Å². The summed E-state index contributed by atoms with van der Waals surface area (Å²) < 4.78 is 1.11. The Morgan fingerprint density at radius 3 is 2.69 bits per heavy atom. The molecule has 1 aromatic heterocycles. The Hall–Kier alpha value is -3.95. The summed E-state index contributed by atoms with van der Waals surface area (Å²) in [5.74, 6) is -0.448. The summed E-state index contributed by atoms with van der Waals surface area (Å²) in [6.07, 6.45) is 2.75. The van der Waals surface area contributed by atoms with E-state index in [1.54, 1.807) is 23.5 Å². The third-order valence-corrected chi connectivity index (χ3v) is 5.70. The highest BCUT2D eigenvalue weighted by molar-refractivity contribution is 7.80. The Labute approximate surface area is 192 Å². The minimum Gasteiger partial charge on any atom is -0.332 e. The summed E-state index contributed by atoms with van der Waals surface area (Å²) in [5.41, 5.74) is 3.10. The third kappa shape index (κ3) is 5.20. The summed E-state index contributed by atoms with van der Waals surface area (Å²) in [4.78, 5) is 27.2. The van der Waals surface area contributed by atoms with Gasteiger partial charge < -0.3 is 5.32 Å². The zero-order valence-corrected chi connectivity index (χ0v) is 18.2. The minimum atomic E-state index is -0.487. The molecule has 0 bridgehead atoms. The second-order valence-corrected chi connectivity index (χ2v) is 8.14. The van der Waals surface area contributed by atoms with Crippen LogP contribution in [-0.4, -0.2) is 20.9 Å². The largest absolute Gasteiger partial charge is 0.332 e. The van der Waals surface area contributed by atoms with Gasteiger partial charge in [0.1, 0.15) is 5.01 Å². The number of nitro benzene ring substituents is 1. The Morgan fingerprint density at radius 2 is 1.88 bits per heavy atom. The normalized spacial score (nSPS) is 10.9. The lowest BCUT2D eigenvalue weighted by Gasteiger charge is -2.09. The predicted octanol–water partition coefficient (Wildman–Crippen LogP) is 5.40. The number of thiocarbonyl (C=S) groups is 1. The molecule has 3 aromatic carbocycles. The molecule has 0 saturated carbocycles. The quantitative estimate of drug-likeness (QED) is 0.179. The second-order valence-electron chi connectivity index (χ2n) is 6.70. The molecule has 158 valence electrons. The van der Waals surface area contributed by atoms with Crippen LogP contribution >= 0.6 is 23.6 Å². The van der Waals surface area contributed by atoms with Crippen molar-refractivity contribution in [1.29, 1.82) is 0 Å². The van der Waals surface area contributed by atoms with Gasteiger partial charge in [0.25, 0.3) is 5.69 Å². The number of thiazole rings is 1. The van der Waals surface area contributed by atoms with E-state index in [-0.39, 0.29) is 10.8 Å². The van der Waals surface area contributed by atoms with Crippen molar-refractivity contribution in [2.45, 2.75) is 0 Å². The number of benzene rings is 3. The highest BCUT2D eigenvalue weighted by Crippen LogP contribution is 2.31. The molecular formula is C23H16N4O3S2. The number of hydrogen-bond acceptors (Lipinski definition) is 6. The van der Waals surface area contributed by atoms with E-state index in [2.05, 4.69) is 15.6 Å². The van der Waals surface area contributed by atoms with Crippen molar-refractivity contribution in [2.24, 2.45) is 0 Å². The number of anilines is 1. The molecule has 0 radical (unpaired) electrons. The van der Waals surface area contributed by atoms with Crippen molar-refractivity contribution in [3.8, 4) is 10.6 Å². The van der Waals surface area contributed by atoms with Crippen LogP contribution in [0.2, 0.25) is 0 Å². The van der Waals surface area contributed by atoms with Gasteiger partial charge in [-0.3, -0.25) is 20.2 Å². The Kier molecular flexibility index (Phi) is 6.29. The van der Waals surface area contributed by atoms with Gasteiger partial charge in [-0.15, -0.1) is 11.3 Å². The number of fused-ring (bicyclic) bond motifs is 1. The first-order chi connectivity index (χ1) is 15.5. The van der Waals surface area contributed by atoms with Gasteiger partial charge >= 0.3 is 0 Å². The molecule has 0 fully saturated rings. The predicted molar refractivity (Wildman–Crippen MR) is 132 cm³/mol. The first-order valence-corrected chi connectivity index (χ1v) is 10.7. The van der Waals surface area contributed by atoms with Crippen LogP contribution in [0.3, 0.4) is 0 Å². The van der Waals surface area contributed by atoms with Crippen LogP contribution in [0.25, 0.3) is 26.9 Å². The number of non-ortho nitro benzene ring substituents is 1. The number of carbonyl (C=O) groups excluding carboxylic acids is 1. The summed E-state index contributed by atoms with van der Waals surface area (Å²) in [6.45, 7) is 0. The van der Waals surface area contributed by atoms with E-state index in [0.717, 1.165) is 26.5 Å². The minimum absolute atomic E-state index is 0.0437. The second kappa shape index (κ2) is 9.46. The lowest BCUT2D eigenvalue weighted by Crippen LogP contribution is -2.32. The zero-order valence-electron chi connectivity index (χ0n) is 16.5. The number of rotatable bonds is 5. The van der Waals surface area contributed by atoms with Gasteiger partial charge in [0.05, 0.1) is 15.1 Å². The van der Waals surface area contributed by atoms with Gasteiger partial charge in [-0.05, 0) is 48.1 Å². The molecule has 0 aliphatic carbocycles. The van der Waals surface area contributed by atoms with Crippen LogP contribution < -0.4 is 10.6 Å². The van der Waals surface area contributed by atoms with E-state index in [1.807, 2.05) is 48.5 Å². The van der Waals surface area contributed by atoms with Crippen molar-refractivity contribution in [3.63, 3.8) is 0 Å². The molecular weight excluding hydrogens is 444 g/mol. The molecule has 1 amide bonds. The average molecular weight is 461 g/mol. The standard InChI is InChI=1S/C23H16N4O3S2/c28-21(12-11-15-5-3-8-18(13-15)27(29)30)26-23(31)24-17-7-4-6-16(14-17)22-25-19-9-1-2-10-20(19)32-22/h1-14H,(H2,24,26,28,31). The number of amides is 1. The number of hydrogen-bond donors (Lipinski definition) is 2. The highest BCUT2D eigenvalue weighted by Gasteiger charge is 2.08. The first-order valence-electron chi connectivity index (χ1n) is 9.48. The number of nitrogens with one attached hydrogen (secondary N) is 2. The van der Waals surface area contributed by atoms with Gasteiger partial charge in [0.2, 0.25) is 5.91 Å². The third-order valence-electron chi connectivity index (χ3n) is 4.41. The Balaban J connectivity index is 1.39. The van der Waals surface area contributed by atoms with Crippen LogP contribution in [0, 0.1) is 10.1 Å². The van der Waals surface area contributed by atoms with E-state index >= 15 is 0 Å². The van der Waals surface area contributed by atoms with Gasteiger partial charge in [-0.2, -0.15) is 0 Å². The maximum Gasteiger partial charge on any atom is 0.270 e. The van der Waals surface area contributed by atoms with Crippen LogP contribution in [-0.2, 0) is 4.79 Å². The summed E-state index contributed by atoms with van der Waals surface area (Å²) in [5, 5.41) is 17.4. The molecule has 4 aromatic rings. The lowest BCUT2D eigenvalue weighted by atomic mass is 10.2. The number of para-hydroxylation sites is 1. The van der Waals surface area contributed by atoms with Gasteiger partial charge in [-0.1, -0.05) is 36.4 Å². The number of nitro groups is 1. The molecule has 0 spiro atoms. The van der Waals surface area contributed by atoms with Crippen LogP contribution in [0.15, 0.2) is 78.9 Å². The Bertz CT molecular complexity index is 1330. The molecule has 4 rings (SSSR count). The molecule has 1 heterocycles. The molecule has 32 heavy (non-hydrogen) atoms. The van der Waals surface area contributed by atoms with E-state index in [0.29, 0.717) is 5.56 Å². The van der Waals surface area contributed by atoms with Crippen molar-refractivity contribution in [3.05, 3.63) is 94.6 Å². The van der Waals surface area contributed by atoms with Crippen molar-refractivity contribution in [1.82, 2.24) is 10.3 Å². The summed E-state index contributed by atoms with van der Waals surface area (Å²) in [7, 11) is 0. The molecule has 0 atom stereocenters. The van der Waals surface area contributed by atoms with Gasteiger partial charge in [-0.25, -0.2) is 4.98 Å². The van der Waals surface area contributed by atoms with Gasteiger partial charge in [0.15, 0.2) is 5.11 Å². The SMILES string of the molecule is O=C(C=Cc1cccc([N+](=O)[O-])c1)NC(=S)Nc1cccc(-c2nc3ccccc3s2)c1. The van der Waals surface area contributed by atoms with E-state index in [4.69, 9.17) is 12.2 Å². The zero-order chi connectivity index (χ0) is 22.5. The fourth-order valence-electron chi connectivity index (χ4n) is 2.96. The van der Waals surface area contributed by atoms with E-state index in [1.165, 1.54) is 24.3 Å². The number of aromatic nitrogens is 1. The first kappa shape index (κ1) is 21.3. The lowest BCUT2D eigenvalue weighted by molar-refractivity contribution is -0.384. The Morgan fingerprint density at radius 1 is 1.06 bits per heavy atom. The van der Waals surface area contributed by atoms with Crippen LogP contribution in [0.5, 0.6) is 0 Å². The maximum absolute atomic E-state index is 12.2. The molecule has 0 unspecified atom stereocenters. The van der Waals surface area contributed by atoms with E-state index < -0.39 is 10.8 Å². The van der Waals surface area contributed by atoms with Crippen LogP contribution in [0.1, 0.15) is 5.56 Å². The van der Waals surface area contributed by atoms with Crippen LogP contribution in [0.4, 0.5) is 11.4 Å². The number of carbonyl (C=O) groups is 1. The maximum atomic E-state index is 12.2. The monoisotopic (exact) mass is 460 g/mol.